The molecule has 0 unspecified atom stereocenters. The molecule has 5 heteroatoms. The molecule has 0 saturated carbocycles. The number of amides is 1. The molecule has 0 saturated heterocycles. The van der Waals surface area contributed by atoms with Crippen molar-refractivity contribution < 1.29 is 4.79 Å². The molecule has 21 heavy (non-hydrogen) atoms. The Morgan fingerprint density at radius 3 is 2.57 bits per heavy atom. The minimum Gasteiger partial charge on any atom is -0.348 e. The van der Waals surface area contributed by atoms with E-state index in [-0.39, 0.29) is 5.91 Å². The average Bonchev–Trinajstić information content (AvgIpc) is 2.69. The van der Waals surface area contributed by atoms with Crippen LogP contribution in [-0.2, 0) is 18.4 Å². The lowest BCUT2D eigenvalue weighted by atomic mass is 10.2. The maximum absolute atomic E-state index is 11.8. The molecule has 1 N–H and O–H groups in total. The number of rotatable bonds is 4. The summed E-state index contributed by atoms with van der Waals surface area (Å²) in [6.45, 7) is 4.42. The van der Waals surface area contributed by atoms with Crippen LogP contribution in [0.1, 0.15) is 22.5 Å². The molecule has 1 amide bonds. The monoisotopic (exact) mass is 303 g/mol. The first-order chi connectivity index (χ1) is 9.97. The summed E-state index contributed by atoms with van der Waals surface area (Å²) in [5.41, 5.74) is 4.00. The number of hydrogen-bond acceptors (Lipinski definition) is 2. The number of carbonyl (C=O) groups excluding carboxylic acids is 1. The zero-order valence-electron chi connectivity index (χ0n) is 12.4. The molecule has 0 fully saturated rings. The number of halogens is 1. The van der Waals surface area contributed by atoms with Crippen molar-refractivity contribution in [1.82, 2.24) is 15.1 Å². The Bertz CT molecular complexity index is 672. The molecule has 0 aliphatic rings. The summed E-state index contributed by atoms with van der Waals surface area (Å²) in [6.07, 6.45) is 3.28. The lowest BCUT2D eigenvalue weighted by Gasteiger charge is -2.03. The summed E-state index contributed by atoms with van der Waals surface area (Å²) in [7, 11) is 1.90. The molecule has 110 valence electrons. The van der Waals surface area contributed by atoms with Gasteiger partial charge in [0, 0.05) is 35.9 Å². The van der Waals surface area contributed by atoms with E-state index in [1.165, 1.54) is 6.08 Å². The molecule has 4 nitrogen and oxygen atoms in total. The molecule has 0 bridgehead atoms. The van der Waals surface area contributed by atoms with Gasteiger partial charge in [-0.05, 0) is 37.6 Å². The van der Waals surface area contributed by atoms with Crippen LogP contribution in [0.25, 0.3) is 6.08 Å². The predicted molar refractivity (Wildman–Crippen MR) is 85.0 cm³/mol. The first-order valence-electron chi connectivity index (χ1n) is 6.68. The molecular weight excluding hydrogens is 286 g/mol. The summed E-state index contributed by atoms with van der Waals surface area (Å²) in [6, 6.07) is 7.31. The standard InChI is InChI=1S/C16H18ClN3O/c1-11-15(12(2)20(3)19-11)10-18-16(21)9-6-13-4-7-14(17)8-5-13/h4-9H,10H2,1-3H3,(H,18,21)/b9-6+. The number of hydrogen-bond donors (Lipinski definition) is 1. The lowest BCUT2D eigenvalue weighted by Crippen LogP contribution is -2.21. The van der Waals surface area contributed by atoms with Gasteiger partial charge in [0.2, 0.25) is 5.91 Å². The smallest absolute Gasteiger partial charge is 0.244 e. The maximum Gasteiger partial charge on any atom is 0.244 e. The Kier molecular flexibility index (Phi) is 4.81. The number of nitrogens with zero attached hydrogens (tertiary/aromatic N) is 2. The Morgan fingerprint density at radius 1 is 1.33 bits per heavy atom. The molecule has 0 radical (unpaired) electrons. The van der Waals surface area contributed by atoms with Crippen LogP contribution in [0.5, 0.6) is 0 Å². The highest BCUT2D eigenvalue weighted by Gasteiger charge is 2.09. The van der Waals surface area contributed by atoms with Gasteiger partial charge >= 0.3 is 0 Å². The number of carbonyl (C=O) groups is 1. The second-order valence-corrected chi connectivity index (χ2v) is 5.31. The molecule has 1 heterocycles. The van der Waals surface area contributed by atoms with E-state index in [4.69, 9.17) is 11.6 Å². The van der Waals surface area contributed by atoms with E-state index in [1.54, 1.807) is 18.2 Å². The molecule has 0 aliphatic carbocycles. The third-order valence-electron chi connectivity index (χ3n) is 3.40. The second-order valence-electron chi connectivity index (χ2n) is 4.88. The maximum atomic E-state index is 11.8. The van der Waals surface area contributed by atoms with Crippen molar-refractivity contribution in [1.29, 1.82) is 0 Å². The zero-order valence-corrected chi connectivity index (χ0v) is 13.1. The second kappa shape index (κ2) is 6.59. The van der Waals surface area contributed by atoms with Crippen molar-refractivity contribution in [2.24, 2.45) is 7.05 Å². The van der Waals surface area contributed by atoms with E-state index in [0.717, 1.165) is 22.5 Å². The van der Waals surface area contributed by atoms with Gasteiger partial charge in [0.1, 0.15) is 0 Å². The number of aryl methyl sites for hydroxylation is 2. The fourth-order valence-electron chi connectivity index (χ4n) is 2.05. The largest absolute Gasteiger partial charge is 0.348 e. The lowest BCUT2D eigenvalue weighted by molar-refractivity contribution is -0.116. The van der Waals surface area contributed by atoms with Crippen molar-refractivity contribution in [3.05, 3.63) is 57.9 Å². The van der Waals surface area contributed by atoms with Crippen molar-refractivity contribution in [2.75, 3.05) is 0 Å². The Labute approximate surface area is 129 Å². The highest BCUT2D eigenvalue weighted by molar-refractivity contribution is 6.30. The number of aromatic nitrogens is 2. The van der Waals surface area contributed by atoms with Gasteiger partial charge in [0.25, 0.3) is 0 Å². The first kappa shape index (κ1) is 15.3. The molecule has 0 aliphatic heterocycles. The average molecular weight is 304 g/mol. The summed E-state index contributed by atoms with van der Waals surface area (Å²) >= 11 is 5.81. The first-order valence-corrected chi connectivity index (χ1v) is 7.05. The summed E-state index contributed by atoms with van der Waals surface area (Å²) in [5, 5.41) is 7.88. The number of nitrogens with one attached hydrogen (secondary N) is 1. The quantitative estimate of drug-likeness (QED) is 0.883. The third-order valence-corrected chi connectivity index (χ3v) is 3.65. The van der Waals surface area contributed by atoms with Gasteiger partial charge in [-0.25, -0.2) is 0 Å². The van der Waals surface area contributed by atoms with Crippen LogP contribution in [0.2, 0.25) is 5.02 Å². The Balaban J connectivity index is 1.94. The van der Waals surface area contributed by atoms with Crippen LogP contribution >= 0.6 is 11.6 Å². The van der Waals surface area contributed by atoms with E-state index in [2.05, 4.69) is 10.4 Å². The normalized spacial score (nSPS) is 11.0. The van der Waals surface area contributed by atoms with Crippen molar-refractivity contribution in [2.45, 2.75) is 20.4 Å². The molecule has 1 aromatic heterocycles. The summed E-state index contributed by atoms with van der Waals surface area (Å²) in [4.78, 5) is 11.8. The van der Waals surface area contributed by atoms with Gasteiger partial charge in [-0.15, -0.1) is 0 Å². The van der Waals surface area contributed by atoms with Gasteiger partial charge in [-0.3, -0.25) is 9.48 Å². The van der Waals surface area contributed by atoms with E-state index in [0.29, 0.717) is 11.6 Å². The van der Waals surface area contributed by atoms with Crippen molar-refractivity contribution >= 4 is 23.6 Å². The summed E-state index contributed by atoms with van der Waals surface area (Å²) in [5.74, 6) is -0.132. The minimum atomic E-state index is -0.132. The van der Waals surface area contributed by atoms with Crippen LogP contribution < -0.4 is 5.32 Å². The van der Waals surface area contributed by atoms with E-state index >= 15 is 0 Å². The van der Waals surface area contributed by atoms with Crippen LogP contribution in [0.3, 0.4) is 0 Å². The fraction of sp³-hybridized carbons (Fsp3) is 0.250. The van der Waals surface area contributed by atoms with E-state index in [9.17, 15) is 4.79 Å². The SMILES string of the molecule is Cc1nn(C)c(C)c1CNC(=O)/C=C/c1ccc(Cl)cc1. The van der Waals surface area contributed by atoms with Gasteiger partial charge in [0.15, 0.2) is 0 Å². The highest BCUT2D eigenvalue weighted by Crippen LogP contribution is 2.12. The fourth-order valence-corrected chi connectivity index (χ4v) is 2.18. The minimum absolute atomic E-state index is 0.132. The van der Waals surface area contributed by atoms with E-state index in [1.807, 2.05) is 37.7 Å². The van der Waals surface area contributed by atoms with Crippen molar-refractivity contribution in [3.8, 4) is 0 Å². The zero-order chi connectivity index (χ0) is 15.4. The Morgan fingerprint density at radius 2 is 2.00 bits per heavy atom. The van der Waals surface area contributed by atoms with E-state index < -0.39 is 0 Å². The summed E-state index contributed by atoms with van der Waals surface area (Å²) < 4.78 is 1.82. The van der Waals surface area contributed by atoms with Crippen LogP contribution in [0.15, 0.2) is 30.3 Å². The van der Waals surface area contributed by atoms with Gasteiger partial charge < -0.3 is 5.32 Å². The molecular formula is C16H18ClN3O. The molecule has 2 aromatic rings. The predicted octanol–water partition coefficient (Wildman–Crippen LogP) is 3.02. The van der Waals surface area contributed by atoms with Crippen LogP contribution in [0, 0.1) is 13.8 Å². The van der Waals surface area contributed by atoms with Gasteiger partial charge in [-0.1, -0.05) is 23.7 Å². The Hall–Kier alpha value is -2.07. The molecule has 0 atom stereocenters. The number of benzene rings is 1. The molecule has 1 aromatic carbocycles. The molecule has 0 spiro atoms. The third kappa shape index (κ3) is 3.95. The van der Waals surface area contributed by atoms with Crippen LogP contribution in [-0.4, -0.2) is 15.7 Å². The van der Waals surface area contributed by atoms with Crippen LogP contribution in [0.4, 0.5) is 0 Å². The van der Waals surface area contributed by atoms with Gasteiger partial charge in [0.05, 0.1) is 5.69 Å². The van der Waals surface area contributed by atoms with Crippen molar-refractivity contribution in [3.63, 3.8) is 0 Å². The topological polar surface area (TPSA) is 46.9 Å². The highest BCUT2D eigenvalue weighted by atomic mass is 35.5. The molecule has 2 rings (SSSR count). The van der Waals surface area contributed by atoms with Gasteiger partial charge in [-0.2, -0.15) is 5.10 Å².